The molecule has 28 heavy (non-hydrogen) atoms. The van der Waals surface area contributed by atoms with Gasteiger partial charge in [0.15, 0.2) is 0 Å². The molecule has 1 aliphatic carbocycles. The fraction of sp³-hybridized carbons (Fsp3) is 0.667. The third-order valence-corrected chi connectivity index (χ3v) is 4.81. The van der Waals surface area contributed by atoms with Gasteiger partial charge < -0.3 is 19.5 Å². The van der Waals surface area contributed by atoms with E-state index in [1.165, 1.54) is 19.3 Å². The molecule has 2 fully saturated rings. The molecule has 1 aromatic heterocycles. The number of hydrogen-bond donors (Lipinski definition) is 1. The van der Waals surface area contributed by atoms with E-state index < -0.39 is 0 Å². The van der Waals surface area contributed by atoms with Gasteiger partial charge in [-0.25, -0.2) is 4.79 Å². The highest BCUT2D eigenvalue weighted by Crippen LogP contribution is 2.24. The summed E-state index contributed by atoms with van der Waals surface area (Å²) in [5, 5.41) is 18.1. The summed E-state index contributed by atoms with van der Waals surface area (Å²) in [6.45, 7) is 4.87. The minimum Gasteiger partial charge on any atom is -0.489 e. The van der Waals surface area contributed by atoms with Crippen molar-refractivity contribution in [1.82, 2.24) is 9.88 Å². The van der Waals surface area contributed by atoms with Crippen LogP contribution in [0.25, 0.3) is 0 Å². The molecule has 154 valence electrons. The fourth-order valence-electron chi connectivity index (χ4n) is 3.26. The lowest BCUT2D eigenvalue weighted by molar-refractivity contribution is 0.0457. The van der Waals surface area contributed by atoms with Crippen molar-refractivity contribution in [1.29, 1.82) is 5.26 Å². The Balaban J connectivity index is 0.000000203. The maximum atomic E-state index is 11.3. The molecule has 7 nitrogen and oxygen atoms in total. The molecule has 2 heterocycles. The Morgan fingerprint density at radius 1 is 1.25 bits per heavy atom. The lowest BCUT2D eigenvalue weighted by Gasteiger charge is -2.29. The van der Waals surface area contributed by atoms with Crippen LogP contribution < -0.4 is 4.74 Å². The Hall–Kier alpha value is -2.33. The molecule has 0 atom stereocenters. The molecule has 1 saturated heterocycles. The van der Waals surface area contributed by atoms with Crippen molar-refractivity contribution >= 4 is 6.09 Å². The molecular formula is C21H31N3O4. The van der Waals surface area contributed by atoms with Gasteiger partial charge in [-0.2, -0.15) is 5.26 Å². The Bertz CT molecular complexity index is 645. The second-order valence-corrected chi connectivity index (χ2v) is 7.51. The number of pyridine rings is 1. The van der Waals surface area contributed by atoms with E-state index in [1.807, 2.05) is 13.8 Å². The molecule has 1 amide bonds. The first-order valence-corrected chi connectivity index (χ1v) is 10.1. The van der Waals surface area contributed by atoms with Crippen molar-refractivity contribution in [3.05, 3.63) is 24.0 Å². The first-order valence-electron chi connectivity index (χ1n) is 10.1. The van der Waals surface area contributed by atoms with E-state index in [0.29, 0.717) is 37.2 Å². The molecule has 0 spiro atoms. The van der Waals surface area contributed by atoms with E-state index in [4.69, 9.17) is 14.7 Å². The van der Waals surface area contributed by atoms with E-state index in [9.17, 15) is 9.90 Å². The number of aliphatic hydroxyl groups is 1. The molecule has 1 aliphatic heterocycles. The summed E-state index contributed by atoms with van der Waals surface area (Å²) in [5.41, 5.74) is 0.531. The number of amides is 1. The first-order chi connectivity index (χ1) is 13.5. The van der Waals surface area contributed by atoms with E-state index in [-0.39, 0.29) is 24.4 Å². The van der Waals surface area contributed by atoms with Crippen LogP contribution in [-0.2, 0) is 4.74 Å². The first kappa shape index (κ1) is 22.0. The summed E-state index contributed by atoms with van der Waals surface area (Å²) in [6.07, 6.45) is 10.2. The zero-order chi connectivity index (χ0) is 20.4. The number of piperidine rings is 1. The Labute approximate surface area is 167 Å². The predicted octanol–water partition coefficient (Wildman–Crippen LogP) is 3.65. The molecule has 2 aliphatic rings. The number of hydrogen-bond acceptors (Lipinski definition) is 6. The van der Waals surface area contributed by atoms with Crippen molar-refractivity contribution in [2.75, 3.05) is 13.1 Å². The third kappa shape index (κ3) is 7.35. The van der Waals surface area contributed by atoms with Crippen molar-refractivity contribution in [3.8, 4) is 11.8 Å². The lowest BCUT2D eigenvalue weighted by atomic mass is 9.98. The highest BCUT2D eigenvalue weighted by Gasteiger charge is 2.22. The zero-order valence-corrected chi connectivity index (χ0v) is 16.8. The van der Waals surface area contributed by atoms with Gasteiger partial charge in [0, 0.05) is 25.5 Å². The highest BCUT2D eigenvalue weighted by molar-refractivity contribution is 5.67. The van der Waals surface area contributed by atoms with Gasteiger partial charge in [0.25, 0.3) is 0 Å². The van der Waals surface area contributed by atoms with Crippen LogP contribution in [0.4, 0.5) is 4.79 Å². The third-order valence-electron chi connectivity index (χ3n) is 4.81. The SMILES string of the molecule is CC(C)OC(=O)N1CCC(O)CC1.N#Cc1cnccc1OC1CCCCC1. The number of carbonyl (C=O) groups excluding carboxylic acids is 1. The molecule has 0 bridgehead atoms. The van der Waals surface area contributed by atoms with Crippen LogP contribution in [0.1, 0.15) is 64.4 Å². The summed E-state index contributed by atoms with van der Waals surface area (Å²) < 4.78 is 10.8. The van der Waals surface area contributed by atoms with Gasteiger partial charge in [0.05, 0.1) is 18.3 Å². The van der Waals surface area contributed by atoms with Gasteiger partial charge in [-0.15, -0.1) is 0 Å². The second-order valence-electron chi connectivity index (χ2n) is 7.51. The van der Waals surface area contributed by atoms with E-state index in [0.717, 1.165) is 12.8 Å². The smallest absolute Gasteiger partial charge is 0.410 e. The molecule has 0 radical (unpaired) electrons. The summed E-state index contributed by atoms with van der Waals surface area (Å²) in [4.78, 5) is 16.9. The van der Waals surface area contributed by atoms with Gasteiger partial charge in [-0.3, -0.25) is 4.98 Å². The topological polar surface area (TPSA) is 95.7 Å². The van der Waals surface area contributed by atoms with Crippen molar-refractivity contribution in [3.63, 3.8) is 0 Å². The van der Waals surface area contributed by atoms with Crippen molar-refractivity contribution in [2.45, 2.75) is 77.1 Å². The Kier molecular flexibility index (Phi) is 9.02. The van der Waals surface area contributed by atoms with E-state index in [2.05, 4.69) is 11.1 Å². The average molecular weight is 389 g/mol. The summed E-state index contributed by atoms with van der Waals surface area (Å²) in [7, 11) is 0. The van der Waals surface area contributed by atoms with Gasteiger partial charge in [0.1, 0.15) is 17.4 Å². The van der Waals surface area contributed by atoms with Crippen LogP contribution in [0.2, 0.25) is 0 Å². The number of nitriles is 1. The number of ether oxygens (including phenoxy) is 2. The molecule has 3 rings (SSSR count). The largest absolute Gasteiger partial charge is 0.489 e. The summed E-state index contributed by atoms with van der Waals surface area (Å²) in [5.74, 6) is 0.680. The zero-order valence-electron chi connectivity index (χ0n) is 16.8. The van der Waals surface area contributed by atoms with Crippen LogP contribution >= 0.6 is 0 Å². The molecular weight excluding hydrogens is 358 g/mol. The molecule has 0 aromatic carbocycles. The van der Waals surface area contributed by atoms with Gasteiger partial charge in [-0.1, -0.05) is 6.42 Å². The van der Waals surface area contributed by atoms with E-state index in [1.54, 1.807) is 23.4 Å². The molecule has 1 aromatic rings. The number of aliphatic hydroxyl groups excluding tert-OH is 1. The van der Waals surface area contributed by atoms with Crippen LogP contribution in [0.3, 0.4) is 0 Å². The van der Waals surface area contributed by atoms with Gasteiger partial charge >= 0.3 is 6.09 Å². The molecule has 1 N–H and O–H groups in total. The van der Waals surface area contributed by atoms with Crippen LogP contribution in [0, 0.1) is 11.3 Å². The molecule has 7 heteroatoms. The number of carbonyl (C=O) groups is 1. The van der Waals surface area contributed by atoms with Crippen molar-refractivity contribution < 1.29 is 19.4 Å². The number of nitrogens with zero attached hydrogens (tertiary/aromatic N) is 3. The Morgan fingerprint density at radius 2 is 1.93 bits per heavy atom. The number of rotatable bonds is 3. The van der Waals surface area contributed by atoms with Crippen molar-refractivity contribution in [2.24, 2.45) is 0 Å². The number of aromatic nitrogens is 1. The fourth-order valence-corrected chi connectivity index (χ4v) is 3.26. The second kappa shape index (κ2) is 11.5. The monoisotopic (exact) mass is 389 g/mol. The number of likely N-dealkylation sites (tertiary alicyclic amines) is 1. The standard InChI is InChI=1S/C12H14N2O.C9H17NO3/c13-8-10-9-14-7-6-12(10)15-11-4-2-1-3-5-11;1-7(2)13-9(12)10-5-3-8(11)4-6-10/h6-7,9,11H,1-5H2;7-8,11H,3-6H2,1-2H3. The highest BCUT2D eigenvalue weighted by atomic mass is 16.6. The maximum absolute atomic E-state index is 11.3. The molecule has 1 saturated carbocycles. The Morgan fingerprint density at radius 3 is 2.54 bits per heavy atom. The van der Waals surface area contributed by atoms with Crippen LogP contribution in [-0.4, -0.2) is 52.5 Å². The molecule has 0 unspecified atom stereocenters. The van der Waals surface area contributed by atoms with Gasteiger partial charge in [0.2, 0.25) is 0 Å². The minimum atomic E-state index is -0.262. The summed E-state index contributed by atoms with van der Waals surface area (Å²) in [6, 6.07) is 3.87. The van der Waals surface area contributed by atoms with Crippen LogP contribution in [0.15, 0.2) is 18.5 Å². The quantitative estimate of drug-likeness (QED) is 0.848. The van der Waals surface area contributed by atoms with Crippen LogP contribution in [0.5, 0.6) is 5.75 Å². The minimum absolute atomic E-state index is 0.0700. The van der Waals surface area contributed by atoms with Gasteiger partial charge in [-0.05, 0) is 58.4 Å². The maximum Gasteiger partial charge on any atom is 0.410 e. The summed E-state index contributed by atoms with van der Waals surface area (Å²) >= 11 is 0. The normalized spacial score (nSPS) is 18.0. The lowest BCUT2D eigenvalue weighted by Crippen LogP contribution is -2.41. The average Bonchev–Trinajstić information content (AvgIpc) is 2.70. The predicted molar refractivity (Wildman–Crippen MR) is 105 cm³/mol. The van der Waals surface area contributed by atoms with E-state index >= 15 is 0 Å².